The van der Waals surface area contributed by atoms with E-state index in [2.05, 4.69) is 0 Å². The Morgan fingerprint density at radius 1 is 1.16 bits per heavy atom. The Kier molecular flexibility index (Phi) is 4.38. The fourth-order valence-electron chi connectivity index (χ4n) is 1.93. The van der Waals surface area contributed by atoms with Crippen molar-refractivity contribution >= 4 is 11.6 Å². The largest absolute Gasteiger partial charge is 0.496 e. The number of hydrogen-bond donors (Lipinski definition) is 0. The molecule has 2 aromatic carbocycles. The number of alkyl halides is 1. The van der Waals surface area contributed by atoms with Crippen LogP contribution in [-0.2, 0) is 6.42 Å². The highest BCUT2D eigenvalue weighted by molar-refractivity contribution is 6.21. The number of rotatable bonds is 4. The molecule has 0 saturated carbocycles. The van der Waals surface area contributed by atoms with Crippen molar-refractivity contribution < 1.29 is 13.5 Å². The van der Waals surface area contributed by atoms with Gasteiger partial charge in [0.15, 0.2) is 0 Å². The van der Waals surface area contributed by atoms with Crippen LogP contribution >= 0.6 is 11.6 Å². The molecule has 0 aromatic heterocycles. The van der Waals surface area contributed by atoms with Crippen molar-refractivity contribution in [1.82, 2.24) is 0 Å². The fraction of sp³-hybridized carbons (Fsp3) is 0.200. The van der Waals surface area contributed by atoms with Crippen LogP contribution in [0.15, 0.2) is 42.5 Å². The van der Waals surface area contributed by atoms with Gasteiger partial charge < -0.3 is 4.74 Å². The molecule has 2 aromatic rings. The summed E-state index contributed by atoms with van der Waals surface area (Å²) in [7, 11) is 1.57. The molecule has 1 nitrogen and oxygen atoms in total. The van der Waals surface area contributed by atoms with E-state index in [0.717, 1.165) is 11.6 Å². The van der Waals surface area contributed by atoms with Crippen LogP contribution in [0.25, 0.3) is 0 Å². The maximum Gasteiger partial charge on any atom is 0.130 e. The van der Waals surface area contributed by atoms with Gasteiger partial charge in [-0.25, -0.2) is 8.78 Å². The van der Waals surface area contributed by atoms with E-state index >= 15 is 0 Å². The third-order valence-corrected chi connectivity index (χ3v) is 3.28. The monoisotopic (exact) mass is 282 g/mol. The third kappa shape index (κ3) is 3.24. The topological polar surface area (TPSA) is 9.23 Å². The number of ether oxygens (including phenoxy) is 1. The minimum Gasteiger partial charge on any atom is -0.496 e. The highest BCUT2D eigenvalue weighted by atomic mass is 35.5. The number of halogens is 3. The molecule has 0 bridgehead atoms. The Labute approximate surface area is 115 Å². The number of para-hydroxylation sites is 1. The average Bonchev–Trinajstić information content (AvgIpc) is 2.39. The molecular weight excluding hydrogens is 270 g/mol. The zero-order valence-electron chi connectivity index (χ0n) is 10.4. The Bertz CT molecular complexity index is 572. The van der Waals surface area contributed by atoms with Gasteiger partial charge in [-0.3, -0.25) is 0 Å². The summed E-state index contributed by atoms with van der Waals surface area (Å²) in [5, 5.41) is -0.572. The first-order valence-corrected chi connectivity index (χ1v) is 6.26. The van der Waals surface area contributed by atoms with Gasteiger partial charge in [0.1, 0.15) is 17.4 Å². The molecule has 19 heavy (non-hydrogen) atoms. The molecule has 100 valence electrons. The van der Waals surface area contributed by atoms with Crippen LogP contribution in [0.4, 0.5) is 8.78 Å². The molecular formula is C15H13ClF2O. The molecule has 0 amide bonds. The van der Waals surface area contributed by atoms with Gasteiger partial charge in [-0.05, 0) is 24.1 Å². The molecule has 0 radical (unpaired) electrons. The van der Waals surface area contributed by atoms with Crippen molar-refractivity contribution in [2.75, 3.05) is 7.11 Å². The second-order valence-electron chi connectivity index (χ2n) is 4.15. The van der Waals surface area contributed by atoms with Gasteiger partial charge in [-0.1, -0.05) is 24.3 Å². The van der Waals surface area contributed by atoms with Crippen molar-refractivity contribution in [1.29, 1.82) is 0 Å². The molecule has 0 heterocycles. The predicted molar refractivity (Wildman–Crippen MR) is 71.7 cm³/mol. The summed E-state index contributed by atoms with van der Waals surface area (Å²) < 4.78 is 31.7. The van der Waals surface area contributed by atoms with Gasteiger partial charge in [0.2, 0.25) is 0 Å². The van der Waals surface area contributed by atoms with E-state index in [4.69, 9.17) is 16.3 Å². The van der Waals surface area contributed by atoms with Crippen molar-refractivity contribution in [3.05, 3.63) is 65.2 Å². The summed E-state index contributed by atoms with van der Waals surface area (Å²) in [5.41, 5.74) is 1.17. The first-order chi connectivity index (χ1) is 9.11. The molecule has 0 saturated heterocycles. The maximum absolute atomic E-state index is 13.6. The Balaban J connectivity index is 2.23. The van der Waals surface area contributed by atoms with Crippen LogP contribution in [0, 0.1) is 11.6 Å². The Hall–Kier alpha value is -1.61. The standard InChI is InChI=1S/C15H13ClF2O/c1-19-15-5-3-2-4-10(15)8-13(16)12-7-6-11(17)9-14(12)18/h2-7,9,13H,8H2,1H3. The number of methoxy groups -OCH3 is 1. The summed E-state index contributed by atoms with van der Waals surface area (Å²) >= 11 is 6.21. The molecule has 4 heteroatoms. The normalized spacial score (nSPS) is 12.2. The lowest BCUT2D eigenvalue weighted by Gasteiger charge is -2.13. The van der Waals surface area contributed by atoms with Gasteiger partial charge in [0, 0.05) is 11.6 Å². The van der Waals surface area contributed by atoms with Crippen LogP contribution < -0.4 is 4.74 Å². The summed E-state index contributed by atoms with van der Waals surface area (Å²) in [6.45, 7) is 0. The molecule has 1 atom stereocenters. The molecule has 0 aliphatic rings. The molecule has 0 aliphatic carbocycles. The molecule has 0 fully saturated rings. The van der Waals surface area contributed by atoms with Crippen molar-refractivity contribution in [3.8, 4) is 5.75 Å². The summed E-state index contributed by atoms with van der Waals surface area (Å²) in [4.78, 5) is 0. The lowest BCUT2D eigenvalue weighted by atomic mass is 10.0. The third-order valence-electron chi connectivity index (χ3n) is 2.89. The van der Waals surface area contributed by atoms with E-state index in [1.165, 1.54) is 12.1 Å². The van der Waals surface area contributed by atoms with E-state index in [-0.39, 0.29) is 5.56 Å². The van der Waals surface area contributed by atoms with E-state index in [0.29, 0.717) is 12.2 Å². The maximum atomic E-state index is 13.6. The predicted octanol–water partition coefficient (Wildman–Crippen LogP) is 4.50. The smallest absolute Gasteiger partial charge is 0.130 e. The average molecular weight is 283 g/mol. The van der Waals surface area contributed by atoms with Gasteiger partial charge in [-0.15, -0.1) is 11.6 Å². The highest BCUT2D eigenvalue weighted by Gasteiger charge is 2.16. The lowest BCUT2D eigenvalue weighted by molar-refractivity contribution is 0.409. The minimum absolute atomic E-state index is 0.286. The summed E-state index contributed by atoms with van der Waals surface area (Å²) in [6.07, 6.45) is 0.411. The van der Waals surface area contributed by atoms with Crippen LogP contribution in [0.3, 0.4) is 0 Å². The zero-order chi connectivity index (χ0) is 13.8. The Morgan fingerprint density at radius 2 is 1.89 bits per heavy atom. The minimum atomic E-state index is -0.630. The molecule has 2 rings (SSSR count). The number of benzene rings is 2. The van der Waals surface area contributed by atoms with Crippen LogP contribution in [-0.4, -0.2) is 7.11 Å². The lowest BCUT2D eigenvalue weighted by Crippen LogP contribution is -2.01. The summed E-state index contributed by atoms with van der Waals surface area (Å²) in [5.74, 6) is -0.534. The van der Waals surface area contributed by atoms with E-state index in [1.807, 2.05) is 24.3 Å². The quantitative estimate of drug-likeness (QED) is 0.751. The van der Waals surface area contributed by atoms with Gasteiger partial charge in [-0.2, -0.15) is 0 Å². The molecule has 0 N–H and O–H groups in total. The van der Waals surface area contributed by atoms with Crippen molar-refractivity contribution in [2.45, 2.75) is 11.8 Å². The molecule has 0 aliphatic heterocycles. The molecule has 1 unspecified atom stereocenters. The second-order valence-corrected chi connectivity index (χ2v) is 4.68. The first-order valence-electron chi connectivity index (χ1n) is 5.82. The Morgan fingerprint density at radius 3 is 2.58 bits per heavy atom. The SMILES string of the molecule is COc1ccccc1CC(Cl)c1ccc(F)cc1F. The number of hydrogen-bond acceptors (Lipinski definition) is 1. The van der Waals surface area contributed by atoms with E-state index in [9.17, 15) is 8.78 Å². The summed E-state index contributed by atoms with van der Waals surface area (Å²) in [6, 6.07) is 10.8. The van der Waals surface area contributed by atoms with Gasteiger partial charge in [0.05, 0.1) is 12.5 Å². The van der Waals surface area contributed by atoms with Gasteiger partial charge >= 0.3 is 0 Å². The van der Waals surface area contributed by atoms with Gasteiger partial charge in [0.25, 0.3) is 0 Å². The highest BCUT2D eigenvalue weighted by Crippen LogP contribution is 2.30. The van der Waals surface area contributed by atoms with Crippen LogP contribution in [0.1, 0.15) is 16.5 Å². The van der Waals surface area contributed by atoms with E-state index in [1.54, 1.807) is 7.11 Å². The molecule has 0 spiro atoms. The first kappa shape index (κ1) is 13.8. The van der Waals surface area contributed by atoms with Crippen molar-refractivity contribution in [2.24, 2.45) is 0 Å². The van der Waals surface area contributed by atoms with Crippen LogP contribution in [0.2, 0.25) is 0 Å². The fourth-order valence-corrected chi connectivity index (χ4v) is 2.27. The van der Waals surface area contributed by atoms with E-state index < -0.39 is 17.0 Å². The zero-order valence-corrected chi connectivity index (χ0v) is 11.1. The van der Waals surface area contributed by atoms with Crippen molar-refractivity contribution in [3.63, 3.8) is 0 Å². The second kappa shape index (κ2) is 6.02. The van der Waals surface area contributed by atoms with Crippen LogP contribution in [0.5, 0.6) is 5.75 Å².